The molecule has 0 fully saturated rings. The molecule has 110 valence electrons. The van der Waals surface area contributed by atoms with E-state index in [1.165, 1.54) is 25.3 Å². The van der Waals surface area contributed by atoms with Gasteiger partial charge in [0.15, 0.2) is 0 Å². The van der Waals surface area contributed by atoms with Crippen molar-refractivity contribution in [3.05, 3.63) is 29.6 Å². The van der Waals surface area contributed by atoms with Gasteiger partial charge in [0.25, 0.3) is 0 Å². The molecular weight excluding hydrogens is 275 g/mol. The van der Waals surface area contributed by atoms with Gasteiger partial charge in [0.05, 0.1) is 12.2 Å². The van der Waals surface area contributed by atoms with Crippen LogP contribution in [0.2, 0.25) is 0 Å². The van der Waals surface area contributed by atoms with Crippen molar-refractivity contribution >= 4 is 11.6 Å². The van der Waals surface area contributed by atoms with Gasteiger partial charge in [0.2, 0.25) is 0 Å². The fourth-order valence-electron chi connectivity index (χ4n) is 1.79. The second kappa shape index (κ2) is 10.6. The minimum Gasteiger partial charge on any atom is -0.493 e. The molecule has 3 heteroatoms. The molecule has 0 unspecified atom stereocenters. The Kier molecular flexibility index (Phi) is 8.91. The van der Waals surface area contributed by atoms with Crippen LogP contribution in [0.4, 0.5) is 4.39 Å². The highest BCUT2D eigenvalue weighted by Gasteiger charge is 2.02. The Labute approximate surface area is 126 Å². The molecule has 0 atom stereocenters. The Bertz CT molecular complexity index is 448. The van der Waals surface area contributed by atoms with E-state index in [1.54, 1.807) is 12.1 Å². The van der Waals surface area contributed by atoms with Gasteiger partial charge in [-0.2, -0.15) is 0 Å². The van der Waals surface area contributed by atoms with Crippen LogP contribution in [-0.4, -0.2) is 12.5 Å². The number of alkyl halides is 1. The van der Waals surface area contributed by atoms with Gasteiger partial charge < -0.3 is 4.74 Å². The Hall–Kier alpha value is -1.20. The SMILES string of the molecule is CCCCCCCOc1ccc(C#CCCCl)c(F)c1. The van der Waals surface area contributed by atoms with Crippen molar-refractivity contribution in [2.45, 2.75) is 45.4 Å². The molecule has 0 aliphatic rings. The number of rotatable bonds is 8. The van der Waals surface area contributed by atoms with E-state index >= 15 is 0 Å². The fourth-order valence-corrected chi connectivity index (χ4v) is 1.88. The standard InChI is InChI=1S/C17H22ClFO/c1-2-3-4-5-8-13-20-16-11-10-15(17(19)14-16)9-6-7-12-18/h10-11,14H,2-5,7-8,12-13H2,1H3. The molecular formula is C17H22ClFO. The van der Waals surface area contributed by atoms with Crippen molar-refractivity contribution in [3.63, 3.8) is 0 Å². The lowest BCUT2D eigenvalue weighted by Crippen LogP contribution is -1.98. The minimum atomic E-state index is -0.337. The van der Waals surface area contributed by atoms with Crippen molar-refractivity contribution in [3.8, 4) is 17.6 Å². The summed E-state index contributed by atoms with van der Waals surface area (Å²) in [7, 11) is 0. The van der Waals surface area contributed by atoms with Crippen molar-refractivity contribution in [1.29, 1.82) is 0 Å². The van der Waals surface area contributed by atoms with Crippen molar-refractivity contribution < 1.29 is 9.13 Å². The molecule has 1 aromatic rings. The van der Waals surface area contributed by atoms with Gasteiger partial charge in [-0.15, -0.1) is 11.6 Å². The van der Waals surface area contributed by atoms with Crippen LogP contribution in [-0.2, 0) is 0 Å². The van der Waals surface area contributed by atoms with E-state index in [9.17, 15) is 4.39 Å². The summed E-state index contributed by atoms with van der Waals surface area (Å²) < 4.78 is 19.3. The molecule has 0 bridgehead atoms. The quantitative estimate of drug-likeness (QED) is 0.366. The average Bonchev–Trinajstić information content (AvgIpc) is 2.45. The number of hydrogen-bond donors (Lipinski definition) is 0. The first-order valence-corrected chi connectivity index (χ1v) is 7.78. The molecule has 0 saturated carbocycles. The van der Waals surface area contributed by atoms with Crippen LogP contribution in [0.3, 0.4) is 0 Å². The first-order valence-electron chi connectivity index (χ1n) is 7.25. The summed E-state index contributed by atoms with van der Waals surface area (Å²) in [6, 6.07) is 4.82. The van der Waals surface area contributed by atoms with Crippen molar-refractivity contribution in [2.24, 2.45) is 0 Å². The van der Waals surface area contributed by atoms with Gasteiger partial charge in [-0.05, 0) is 18.6 Å². The lowest BCUT2D eigenvalue weighted by molar-refractivity contribution is 0.303. The van der Waals surface area contributed by atoms with Gasteiger partial charge >= 0.3 is 0 Å². The monoisotopic (exact) mass is 296 g/mol. The topological polar surface area (TPSA) is 9.23 Å². The summed E-state index contributed by atoms with van der Waals surface area (Å²) in [6.45, 7) is 2.83. The Morgan fingerprint density at radius 3 is 2.70 bits per heavy atom. The van der Waals surface area contributed by atoms with Crippen molar-refractivity contribution in [1.82, 2.24) is 0 Å². The van der Waals surface area contributed by atoms with Crippen LogP contribution >= 0.6 is 11.6 Å². The molecule has 0 N–H and O–H groups in total. The van der Waals surface area contributed by atoms with Crippen LogP contribution in [0.1, 0.15) is 51.0 Å². The molecule has 1 aromatic carbocycles. The van der Waals surface area contributed by atoms with Gasteiger partial charge in [0.1, 0.15) is 11.6 Å². The van der Waals surface area contributed by atoms with Crippen LogP contribution in [0.5, 0.6) is 5.75 Å². The van der Waals surface area contributed by atoms with E-state index in [0.29, 0.717) is 30.2 Å². The van der Waals surface area contributed by atoms with E-state index in [-0.39, 0.29) is 5.82 Å². The highest BCUT2D eigenvalue weighted by molar-refractivity contribution is 6.18. The Morgan fingerprint density at radius 1 is 1.20 bits per heavy atom. The molecule has 0 saturated heterocycles. The average molecular weight is 297 g/mol. The second-order valence-electron chi connectivity index (χ2n) is 4.65. The molecule has 0 heterocycles. The zero-order valence-electron chi connectivity index (χ0n) is 12.1. The van der Waals surface area contributed by atoms with Gasteiger partial charge in [0, 0.05) is 18.4 Å². The molecule has 0 aliphatic heterocycles. The van der Waals surface area contributed by atoms with Crippen LogP contribution in [0.15, 0.2) is 18.2 Å². The third-order valence-electron chi connectivity index (χ3n) is 2.90. The maximum atomic E-state index is 13.7. The van der Waals surface area contributed by atoms with E-state index in [2.05, 4.69) is 18.8 Å². The number of unbranched alkanes of at least 4 members (excludes halogenated alkanes) is 4. The number of halogens is 2. The third kappa shape index (κ3) is 6.82. The lowest BCUT2D eigenvalue weighted by atomic mass is 10.2. The molecule has 0 amide bonds. The normalized spacial score (nSPS) is 9.95. The number of hydrogen-bond acceptors (Lipinski definition) is 1. The third-order valence-corrected chi connectivity index (χ3v) is 3.09. The van der Waals surface area contributed by atoms with Crippen molar-refractivity contribution in [2.75, 3.05) is 12.5 Å². The molecule has 0 radical (unpaired) electrons. The highest BCUT2D eigenvalue weighted by Crippen LogP contribution is 2.16. The summed E-state index contributed by atoms with van der Waals surface area (Å²) in [5, 5.41) is 0. The second-order valence-corrected chi connectivity index (χ2v) is 5.02. The summed E-state index contributed by atoms with van der Waals surface area (Å²) in [5.74, 6) is 6.29. The summed E-state index contributed by atoms with van der Waals surface area (Å²) in [6.07, 6.45) is 6.49. The molecule has 20 heavy (non-hydrogen) atoms. The summed E-state index contributed by atoms with van der Waals surface area (Å²) in [4.78, 5) is 0. The first-order chi connectivity index (χ1) is 9.77. The minimum absolute atomic E-state index is 0.337. The van der Waals surface area contributed by atoms with Gasteiger partial charge in [-0.3, -0.25) is 0 Å². The predicted molar refractivity (Wildman–Crippen MR) is 82.9 cm³/mol. The van der Waals surface area contributed by atoms with E-state index in [0.717, 1.165) is 12.8 Å². The molecule has 1 nitrogen and oxygen atoms in total. The summed E-state index contributed by atoms with van der Waals surface area (Å²) >= 11 is 5.52. The number of ether oxygens (including phenoxy) is 1. The number of benzene rings is 1. The maximum absolute atomic E-state index is 13.7. The Morgan fingerprint density at radius 2 is 2.00 bits per heavy atom. The van der Waals surface area contributed by atoms with E-state index < -0.39 is 0 Å². The van der Waals surface area contributed by atoms with Gasteiger partial charge in [-0.25, -0.2) is 4.39 Å². The first kappa shape index (κ1) is 16.9. The maximum Gasteiger partial charge on any atom is 0.142 e. The lowest BCUT2D eigenvalue weighted by Gasteiger charge is -2.06. The highest BCUT2D eigenvalue weighted by atomic mass is 35.5. The smallest absolute Gasteiger partial charge is 0.142 e. The summed E-state index contributed by atoms with van der Waals surface area (Å²) in [5.41, 5.74) is 0.394. The zero-order chi connectivity index (χ0) is 14.6. The largest absolute Gasteiger partial charge is 0.493 e. The van der Waals surface area contributed by atoms with Gasteiger partial charge in [-0.1, -0.05) is 44.4 Å². The van der Waals surface area contributed by atoms with Crippen LogP contribution in [0.25, 0.3) is 0 Å². The molecule has 0 spiro atoms. The molecule has 1 rings (SSSR count). The van der Waals surface area contributed by atoms with Crippen LogP contribution in [0, 0.1) is 17.7 Å². The Balaban J connectivity index is 2.38. The fraction of sp³-hybridized carbons (Fsp3) is 0.529. The van der Waals surface area contributed by atoms with E-state index in [1.807, 2.05) is 0 Å². The zero-order valence-corrected chi connectivity index (χ0v) is 12.8. The molecule has 0 aromatic heterocycles. The van der Waals surface area contributed by atoms with Crippen LogP contribution < -0.4 is 4.74 Å². The predicted octanol–water partition coefficient (Wildman–Crippen LogP) is 5.16. The molecule has 0 aliphatic carbocycles. The van der Waals surface area contributed by atoms with E-state index in [4.69, 9.17) is 16.3 Å².